The number of anilines is 2. The highest BCUT2D eigenvalue weighted by Gasteiger charge is 2.07. The quantitative estimate of drug-likeness (QED) is 0.586. The van der Waals surface area contributed by atoms with E-state index in [4.69, 9.17) is 16.3 Å². The number of nitrogens with zero attached hydrogens (tertiary/aromatic N) is 2. The molecule has 3 rings (SSSR count). The summed E-state index contributed by atoms with van der Waals surface area (Å²) in [6.07, 6.45) is 1.47. The maximum Gasteiger partial charge on any atom is 0.308 e. The molecule has 22 heavy (non-hydrogen) atoms. The fourth-order valence-electron chi connectivity index (χ4n) is 2.07. The van der Waals surface area contributed by atoms with E-state index in [0.717, 1.165) is 16.6 Å². The van der Waals surface area contributed by atoms with Gasteiger partial charge in [-0.3, -0.25) is 4.79 Å². The number of hydrogen-bond acceptors (Lipinski definition) is 5. The first-order valence-electron chi connectivity index (χ1n) is 6.57. The van der Waals surface area contributed by atoms with Gasteiger partial charge in [0.05, 0.1) is 5.52 Å². The standard InChI is InChI=1S/C16H12ClN3O2/c1-10(21)22-13-5-6-15-14(8-13)16(19-9-18-15)20-12-4-2-3-11(17)7-12/h2-9H,1H3,(H,18,19,20). The molecule has 0 spiro atoms. The molecule has 0 aliphatic rings. The van der Waals surface area contributed by atoms with E-state index in [1.165, 1.54) is 13.3 Å². The van der Waals surface area contributed by atoms with Gasteiger partial charge < -0.3 is 10.1 Å². The van der Waals surface area contributed by atoms with Gasteiger partial charge in [0.1, 0.15) is 17.9 Å². The lowest BCUT2D eigenvalue weighted by Crippen LogP contribution is -2.02. The van der Waals surface area contributed by atoms with Crippen LogP contribution in [0.1, 0.15) is 6.92 Å². The van der Waals surface area contributed by atoms with Crippen molar-refractivity contribution in [1.82, 2.24) is 9.97 Å². The summed E-state index contributed by atoms with van der Waals surface area (Å²) in [5.41, 5.74) is 1.56. The average molecular weight is 314 g/mol. The van der Waals surface area contributed by atoms with Crippen molar-refractivity contribution in [1.29, 1.82) is 0 Å². The van der Waals surface area contributed by atoms with Crippen LogP contribution in [0.2, 0.25) is 5.02 Å². The number of carbonyl (C=O) groups excluding carboxylic acids is 1. The van der Waals surface area contributed by atoms with E-state index >= 15 is 0 Å². The molecule has 0 aliphatic heterocycles. The second-order valence-electron chi connectivity index (χ2n) is 4.63. The highest BCUT2D eigenvalue weighted by molar-refractivity contribution is 6.30. The summed E-state index contributed by atoms with van der Waals surface area (Å²) in [6.45, 7) is 1.36. The lowest BCUT2D eigenvalue weighted by atomic mass is 10.2. The van der Waals surface area contributed by atoms with Gasteiger partial charge in [0.2, 0.25) is 0 Å². The molecule has 0 saturated heterocycles. The van der Waals surface area contributed by atoms with Gasteiger partial charge in [-0.1, -0.05) is 17.7 Å². The third-order valence-corrected chi connectivity index (χ3v) is 3.19. The summed E-state index contributed by atoms with van der Waals surface area (Å²) in [7, 11) is 0. The van der Waals surface area contributed by atoms with Crippen LogP contribution in [0.4, 0.5) is 11.5 Å². The molecule has 0 fully saturated rings. The van der Waals surface area contributed by atoms with Crippen molar-refractivity contribution in [2.45, 2.75) is 6.92 Å². The molecule has 0 atom stereocenters. The third-order valence-electron chi connectivity index (χ3n) is 2.96. The van der Waals surface area contributed by atoms with Crippen LogP contribution >= 0.6 is 11.6 Å². The van der Waals surface area contributed by atoms with Crippen molar-refractivity contribution in [3.05, 3.63) is 53.8 Å². The summed E-state index contributed by atoms with van der Waals surface area (Å²) < 4.78 is 5.10. The number of fused-ring (bicyclic) bond motifs is 1. The van der Waals surface area contributed by atoms with E-state index < -0.39 is 0 Å². The fourth-order valence-corrected chi connectivity index (χ4v) is 2.26. The predicted molar refractivity (Wildman–Crippen MR) is 85.6 cm³/mol. The number of carbonyl (C=O) groups is 1. The Bertz CT molecular complexity index is 852. The van der Waals surface area contributed by atoms with Gasteiger partial charge in [-0.15, -0.1) is 0 Å². The van der Waals surface area contributed by atoms with Crippen LogP contribution in [-0.4, -0.2) is 15.9 Å². The van der Waals surface area contributed by atoms with Crippen LogP contribution in [0.5, 0.6) is 5.75 Å². The van der Waals surface area contributed by atoms with Gasteiger partial charge in [-0.2, -0.15) is 0 Å². The average Bonchev–Trinajstić information content (AvgIpc) is 2.47. The maximum atomic E-state index is 11.1. The molecule has 1 aromatic heterocycles. The first-order valence-corrected chi connectivity index (χ1v) is 6.95. The molecule has 1 N–H and O–H groups in total. The molecular weight excluding hydrogens is 302 g/mol. The normalized spacial score (nSPS) is 10.5. The monoisotopic (exact) mass is 313 g/mol. The number of halogens is 1. The Labute approximate surface area is 131 Å². The van der Waals surface area contributed by atoms with Gasteiger partial charge in [0.25, 0.3) is 0 Å². The lowest BCUT2D eigenvalue weighted by molar-refractivity contribution is -0.131. The Kier molecular flexibility index (Phi) is 3.89. The number of aromatic nitrogens is 2. The largest absolute Gasteiger partial charge is 0.427 e. The molecule has 0 bridgehead atoms. The number of rotatable bonds is 3. The predicted octanol–water partition coefficient (Wildman–Crippen LogP) is 3.95. The molecule has 5 nitrogen and oxygen atoms in total. The molecule has 1 heterocycles. The minimum atomic E-state index is -0.374. The first kappa shape index (κ1) is 14.3. The highest BCUT2D eigenvalue weighted by Crippen LogP contribution is 2.27. The second kappa shape index (κ2) is 5.99. The highest BCUT2D eigenvalue weighted by atomic mass is 35.5. The van der Waals surface area contributed by atoms with Gasteiger partial charge in [0.15, 0.2) is 0 Å². The van der Waals surface area contributed by atoms with E-state index in [0.29, 0.717) is 16.6 Å². The number of nitrogens with one attached hydrogen (secondary N) is 1. The molecular formula is C16H12ClN3O2. The third kappa shape index (κ3) is 3.15. The molecule has 0 radical (unpaired) electrons. The minimum absolute atomic E-state index is 0.374. The van der Waals surface area contributed by atoms with Gasteiger partial charge >= 0.3 is 5.97 Å². The van der Waals surface area contributed by atoms with Crippen LogP contribution in [0, 0.1) is 0 Å². The van der Waals surface area contributed by atoms with E-state index in [1.807, 2.05) is 12.1 Å². The fraction of sp³-hybridized carbons (Fsp3) is 0.0625. The Morgan fingerprint density at radius 1 is 1.18 bits per heavy atom. The molecule has 0 saturated carbocycles. The molecule has 0 unspecified atom stereocenters. The molecule has 110 valence electrons. The topological polar surface area (TPSA) is 64.1 Å². The van der Waals surface area contributed by atoms with E-state index in [9.17, 15) is 4.79 Å². The maximum absolute atomic E-state index is 11.1. The molecule has 2 aromatic carbocycles. The second-order valence-corrected chi connectivity index (χ2v) is 5.07. The van der Waals surface area contributed by atoms with Crippen LogP contribution in [0.25, 0.3) is 10.9 Å². The molecule has 0 aliphatic carbocycles. The van der Waals surface area contributed by atoms with E-state index in [1.54, 1.807) is 30.3 Å². The van der Waals surface area contributed by atoms with Crippen molar-refractivity contribution in [3.8, 4) is 5.75 Å². The molecule has 6 heteroatoms. The number of hydrogen-bond donors (Lipinski definition) is 1. The lowest BCUT2D eigenvalue weighted by Gasteiger charge is -2.09. The summed E-state index contributed by atoms with van der Waals surface area (Å²) in [5, 5.41) is 4.57. The summed E-state index contributed by atoms with van der Waals surface area (Å²) in [6, 6.07) is 12.5. The summed E-state index contributed by atoms with van der Waals surface area (Å²) in [5.74, 6) is 0.686. The van der Waals surface area contributed by atoms with Crippen LogP contribution in [-0.2, 0) is 4.79 Å². The van der Waals surface area contributed by atoms with Crippen LogP contribution < -0.4 is 10.1 Å². The van der Waals surface area contributed by atoms with Crippen molar-refractivity contribution in [2.24, 2.45) is 0 Å². The SMILES string of the molecule is CC(=O)Oc1ccc2ncnc(Nc3cccc(Cl)c3)c2c1. The van der Waals surface area contributed by atoms with E-state index in [-0.39, 0.29) is 5.97 Å². The van der Waals surface area contributed by atoms with Gasteiger partial charge in [-0.25, -0.2) is 9.97 Å². The Morgan fingerprint density at radius 3 is 2.82 bits per heavy atom. The zero-order chi connectivity index (χ0) is 15.5. The number of benzene rings is 2. The van der Waals surface area contributed by atoms with Gasteiger partial charge in [0, 0.05) is 23.0 Å². The van der Waals surface area contributed by atoms with Crippen molar-refractivity contribution < 1.29 is 9.53 Å². The van der Waals surface area contributed by atoms with Crippen LogP contribution in [0.15, 0.2) is 48.8 Å². The van der Waals surface area contributed by atoms with Crippen molar-refractivity contribution in [3.63, 3.8) is 0 Å². The smallest absolute Gasteiger partial charge is 0.308 e. The Hall–Kier alpha value is -2.66. The minimum Gasteiger partial charge on any atom is -0.427 e. The number of ether oxygens (including phenoxy) is 1. The number of esters is 1. The molecule has 0 amide bonds. The van der Waals surface area contributed by atoms with Gasteiger partial charge in [-0.05, 0) is 36.4 Å². The van der Waals surface area contributed by atoms with Crippen molar-refractivity contribution >= 4 is 40.0 Å². The molecule has 3 aromatic rings. The Balaban J connectivity index is 2.02. The summed E-state index contributed by atoms with van der Waals surface area (Å²) >= 11 is 5.98. The zero-order valence-corrected chi connectivity index (χ0v) is 12.5. The van der Waals surface area contributed by atoms with Crippen LogP contribution in [0.3, 0.4) is 0 Å². The Morgan fingerprint density at radius 2 is 2.05 bits per heavy atom. The van der Waals surface area contributed by atoms with E-state index in [2.05, 4.69) is 15.3 Å². The van der Waals surface area contributed by atoms with Crippen molar-refractivity contribution in [2.75, 3.05) is 5.32 Å². The first-order chi connectivity index (χ1) is 10.6. The summed E-state index contributed by atoms with van der Waals surface area (Å²) in [4.78, 5) is 19.5. The zero-order valence-electron chi connectivity index (χ0n) is 11.7.